The van der Waals surface area contributed by atoms with Gasteiger partial charge in [0, 0.05) is 29.9 Å². The third-order valence-corrected chi connectivity index (χ3v) is 3.54. The smallest absolute Gasteiger partial charge is 0.430 e. The first kappa shape index (κ1) is 19.3. The minimum absolute atomic E-state index is 0.324. The molecule has 0 aliphatic carbocycles. The third kappa shape index (κ3) is 6.10. The number of anilines is 1. The van der Waals surface area contributed by atoms with E-state index in [2.05, 4.69) is 24.3 Å². The number of ether oxygens (including phenoxy) is 1. The highest BCUT2D eigenvalue weighted by atomic mass is 35.5. The lowest BCUT2D eigenvalue weighted by atomic mass is 10.1. The zero-order chi connectivity index (χ0) is 17.4. The number of amides is 1. The minimum Gasteiger partial charge on any atom is -0.448 e. The average molecular weight is 340 g/mol. The van der Waals surface area contributed by atoms with Crippen molar-refractivity contribution in [1.82, 2.24) is 5.01 Å². The van der Waals surface area contributed by atoms with Gasteiger partial charge in [0.1, 0.15) is 0 Å². The van der Waals surface area contributed by atoms with Gasteiger partial charge >= 0.3 is 6.09 Å². The third-order valence-electron chi connectivity index (χ3n) is 3.31. The Bertz CT molecular complexity index is 559. The van der Waals surface area contributed by atoms with Crippen molar-refractivity contribution in [2.45, 2.75) is 34.1 Å². The van der Waals surface area contributed by atoms with Crippen LogP contribution < -0.4 is 5.32 Å². The molecular formula is C17H26ClN3O2. The van der Waals surface area contributed by atoms with Crippen molar-refractivity contribution in [3.63, 3.8) is 0 Å². The van der Waals surface area contributed by atoms with Crippen LogP contribution >= 0.6 is 11.6 Å². The van der Waals surface area contributed by atoms with Gasteiger partial charge in [0.15, 0.2) is 0 Å². The summed E-state index contributed by atoms with van der Waals surface area (Å²) >= 11 is 6.08. The fourth-order valence-corrected chi connectivity index (χ4v) is 2.20. The molecule has 0 atom stereocenters. The molecule has 0 spiro atoms. The van der Waals surface area contributed by atoms with Crippen molar-refractivity contribution in [1.29, 1.82) is 0 Å². The highest BCUT2D eigenvalue weighted by Gasteiger charge is 2.16. The van der Waals surface area contributed by atoms with Crippen LogP contribution in [0, 0.1) is 5.92 Å². The van der Waals surface area contributed by atoms with Gasteiger partial charge in [0.05, 0.1) is 12.3 Å². The Morgan fingerprint density at radius 1 is 1.43 bits per heavy atom. The molecule has 1 aromatic rings. The second-order valence-electron chi connectivity index (χ2n) is 5.63. The maximum absolute atomic E-state index is 12.1. The zero-order valence-electron chi connectivity index (χ0n) is 14.5. The fraction of sp³-hybridized carbons (Fsp3) is 0.529. The second kappa shape index (κ2) is 9.40. The van der Waals surface area contributed by atoms with Gasteiger partial charge in [-0.1, -0.05) is 25.4 Å². The van der Waals surface area contributed by atoms with E-state index in [9.17, 15) is 4.79 Å². The molecule has 0 fully saturated rings. The molecule has 1 rings (SSSR count). The van der Waals surface area contributed by atoms with Gasteiger partial charge in [-0.05, 0) is 44.4 Å². The van der Waals surface area contributed by atoms with E-state index in [0.717, 1.165) is 17.7 Å². The SMILES string of the molecule is CCOC(=O)N(CCC(C)C)/N=C(/C)c1cc(Cl)ccc1NC. The first-order valence-corrected chi connectivity index (χ1v) is 8.24. The molecule has 1 amide bonds. The van der Waals surface area contributed by atoms with E-state index in [0.29, 0.717) is 29.8 Å². The molecule has 5 nitrogen and oxygen atoms in total. The molecule has 1 N–H and O–H groups in total. The first-order chi connectivity index (χ1) is 10.9. The van der Waals surface area contributed by atoms with Crippen molar-refractivity contribution in [3.8, 4) is 0 Å². The van der Waals surface area contributed by atoms with Gasteiger partial charge in [-0.15, -0.1) is 0 Å². The Morgan fingerprint density at radius 3 is 2.70 bits per heavy atom. The molecule has 1 aromatic carbocycles. The monoisotopic (exact) mass is 339 g/mol. The summed E-state index contributed by atoms with van der Waals surface area (Å²) in [5.41, 5.74) is 2.47. The van der Waals surface area contributed by atoms with Crippen molar-refractivity contribution < 1.29 is 9.53 Å². The highest BCUT2D eigenvalue weighted by Crippen LogP contribution is 2.21. The highest BCUT2D eigenvalue weighted by molar-refractivity contribution is 6.31. The van der Waals surface area contributed by atoms with Crippen LogP contribution in [0.1, 0.15) is 39.7 Å². The van der Waals surface area contributed by atoms with Gasteiger partial charge in [-0.25, -0.2) is 4.79 Å². The predicted molar refractivity (Wildman–Crippen MR) is 96.4 cm³/mol. The number of carbonyl (C=O) groups excluding carboxylic acids is 1. The minimum atomic E-state index is -0.430. The van der Waals surface area contributed by atoms with E-state index in [-0.39, 0.29) is 0 Å². The molecule has 0 saturated heterocycles. The van der Waals surface area contributed by atoms with E-state index in [1.807, 2.05) is 32.2 Å². The summed E-state index contributed by atoms with van der Waals surface area (Å²) in [6, 6.07) is 5.53. The largest absolute Gasteiger partial charge is 0.448 e. The van der Waals surface area contributed by atoms with Crippen molar-refractivity contribution in [3.05, 3.63) is 28.8 Å². The molecule has 0 saturated carbocycles. The normalized spacial score (nSPS) is 11.5. The summed E-state index contributed by atoms with van der Waals surface area (Å²) in [5.74, 6) is 0.474. The van der Waals surface area contributed by atoms with Gasteiger partial charge in [-0.2, -0.15) is 10.1 Å². The number of rotatable bonds is 7. The Balaban J connectivity index is 3.08. The Morgan fingerprint density at radius 2 is 2.13 bits per heavy atom. The van der Waals surface area contributed by atoms with Crippen LogP contribution in [0.2, 0.25) is 5.02 Å². The Hall–Kier alpha value is -1.75. The van der Waals surface area contributed by atoms with Crippen LogP contribution in [0.3, 0.4) is 0 Å². The Labute approximate surface area is 143 Å². The van der Waals surface area contributed by atoms with Crippen molar-refractivity contribution in [2.75, 3.05) is 25.5 Å². The number of nitrogens with one attached hydrogen (secondary N) is 1. The van der Waals surface area contributed by atoms with Crippen LogP contribution in [0.15, 0.2) is 23.3 Å². The van der Waals surface area contributed by atoms with Gasteiger partial charge < -0.3 is 10.1 Å². The number of benzene rings is 1. The fourth-order valence-electron chi connectivity index (χ4n) is 2.03. The number of hydrazone groups is 1. The van der Waals surface area contributed by atoms with Crippen molar-refractivity contribution in [2.24, 2.45) is 11.0 Å². The van der Waals surface area contributed by atoms with E-state index < -0.39 is 6.09 Å². The van der Waals surface area contributed by atoms with E-state index in [4.69, 9.17) is 16.3 Å². The van der Waals surface area contributed by atoms with E-state index in [1.54, 1.807) is 6.92 Å². The lowest BCUT2D eigenvalue weighted by Crippen LogP contribution is -2.29. The number of hydrogen-bond acceptors (Lipinski definition) is 4. The molecule has 0 aliphatic rings. The molecule has 23 heavy (non-hydrogen) atoms. The summed E-state index contributed by atoms with van der Waals surface area (Å²) < 4.78 is 5.09. The number of carbonyl (C=O) groups is 1. The number of hydrogen-bond donors (Lipinski definition) is 1. The quantitative estimate of drug-likeness (QED) is 0.583. The van der Waals surface area contributed by atoms with Crippen LogP contribution in [0.25, 0.3) is 0 Å². The summed E-state index contributed by atoms with van der Waals surface area (Å²) in [7, 11) is 1.84. The lowest BCUT2D eigenvalue weighted by molar-refractivity contribution is 0.107. The standard InChI is InChI=1S/C17H26ClN3O2/c1-6-23-17(22)21(10-9-12(2)3)20-13(4)15-11-14(18)7-8-16(15)19-5/h7-8,11-12,19H,6,9-10H2,1-5H3/b20-13-. The summed E-state index contributed by atoms with van der Waals surface area (Å²) in [4.78, 5) is 12.1. The maximum Gasteiger partial charge on any atom is 0.430 e. The van der Waals surface area contributed by atoms with Crippen LogP contribution in [-0.4, -0.2) is 37.0 Å². The lowest BCUT2D eigenvalue weighted by Gasteiger charge is -2.19. The molecule has 0 unspecified atom stereocenters. The van der Waals surface area contributed by atoms with E-state index >= 15 is 0 Å². The molecular weight excluding hydrogens is 314 g/mol. The Kier molecular flexibility index (Phi) is 7.89. The van der Waals surface area contributed by atoms with Gasteiger partial charge in [-0.3, -0.25) is 0 Å². The molecule has 0 aliphatic heterocycles. The van der Waals surface area contributed by atoms with Crippen molar-refractivity contribution >= 4 is 29.1 Å². The van der Waals surface area contributed by atoms with Gasteiger partial charge in [0.2, 0.25) is 0 Å². The first-order valence-electron chi connectivity index (χ1n) is 7.86. The maximum atomic E-state index is 12.1. The molecule has 0 radical (unpaired) electrons. The predicted octanol–water partition coefficient (Wildman–Crippen LogP) is 4.61. The summed E-state index contributed by atoms with van der Waals surface area (Å²) in [5, 5.41) is 9.58. The van der Waals surface area contributed by atoms with Gasteiger partial charge in [0.25, 0.3) is 0 Å². The zero-order valence-corrected chi connectivity index (χ0v) is 15.3. The number of halogens is 1. The molecule has 0 bridgehead atoms. The molecule has 0 heterocycles. The summed E-state index contributed by atoms with van der Waals surface area (Å²) in [6.45, 7) is 8.69. The summed E-state index contributed by atoms with van der Waals surface area (Å²) in [6.07, 6.45) is 0.421. The second-order valence-corrected chi connectivity index (χ2v) is 6.07. The topological polar surface area (TPSA) is 53.9 Å². The molecule has 128 valence electrons. The number of nitrogens with zero attached hydrogens (tertiary/aromatic N) is 2. The van der Waals surface area contributed by atoms with Crippen LogP contribution in [0.4, 0.5) is 10.5 Å². The average Bonchev–Trinajstić information content (AvgIpc) is 2.51. The van der Waals surface area contributed by atoms with Crippen LogP contribution in [-0.2, 0) is 4.74 Å². The van der Waals surface area contributed by atoms with E-state index in [1.165, 1.54) is 5.01 Å². The molecule has 6 heteroatoms. The van der Waals surface area contributed by atoms with Crippen LogP contribution in [0.5, 0.6) is 0 Å². The molecule has 0 aromatic heterocycles.